The van der Waals surface area contributed by atoms with E-state index in [2.05, 4.69) is 9.69 Å². The quantitative estimate of drug-likeness (QED) is 0.605. The van der Waals surface area contributed by atoms with Crippen LogP contribution in [0.4, 0.5) is 11.4 Å². The van der Waals surface area contributed by atoms with E-state index >= 15 is 0 Å². The van der Waals surface area contributed by atoms with E-state index in [4.69, 9.17) is 16.2 Å². The molecule has 9 nitrogen and oxygen atoms in total. The lowest BCUT2D eigenvalue weighted by molar-refractivity contribution is -0.120. The van der Waals surface area contributed by atoms with Crippen molar-refractivity contribution in [3.05, 3.63) is 39.9 Å². The van der Waals surface area contributed by atoms with Gasteiger partial charge >= 0.3 is 0 Å². The number of nitrogen functional groups attached to an aromatic ring is 1. The van der Waals surface area contributed by atoms with Gasteiger partial charge in [0.1, 0.15) is 11.4 Å². The van der Waals surface area contributed by atoms with Crippen LogP contribution < -0.4 is 21.7 Å². The molecular weight excluding hydrogens is 406 g/mol. The van der Waals surface area contributed by atoms with Crippen molar-refractivity contribution >= 4 is 40.6 Å². The van der Waals surface area contributed by atoms with Crippen LogP contribution in [-0.4, -0.2) is 47.9 Å². The van der Waals surface area contributed by atoms with Crippen LogP contribution in [-0.2, 0) is 9.53 Å². The lowest BCUT2D eigenvalue weighted by atomic mass is 10.1. The number of hydrogen-bond donors (Lipinski definition) is 3. The van der Waals surface area contributed by atoms with Gasteiger partial charge in [-0.2, -0.15) is 4.37 Å². The van der Waals surface area contributed by atoms with E-state index in [1.165, 1.54) is 4.90 Å². The highest BCUT2D eigenvalue weighted by atomic mass is 32.1. The number of amides is 3. The van der Waals surface area contributed by atoms with Crippen LogP contribution in [0.2, 0.25) is 0 Å². The van der Waals surface area contributed by atoms with Crippen molar-refractivity contribution in [2.45, 2.75) is 32.8 Å². The molecule has 0 saturated carbocycles. The Balaban J connectivity index is 1.85. The largest absolute Gasteiger partial charge is 0.395 e. The zero-order valence-electron chi connectivity index (χ0n) is 16.9. The Morgan fingerprint density at radius 3 is 2.67 bits per heavy atom. The number of primary amides is 1. The van der Waals surface area contributed by atoms with Crippen LogP contribution in [0.5, 0.6) is 0 Å². The summed E-state index contributed by atoms with van der Waals surface area (Å²) < 4.78 is 9.41. The average molecular weight is 432 g/mol. The fourth-order valence-corrected chi connectivity index (χ4v) is 3.91. The summed E-state index contributed by atoms with van der Waals surface area (Å²) in [5.74, 6) is -1.65. The summed E-state index contributed by atoms with van der Waals surface area (Å²) in [6.45, 7) is 4.76. The number of nitrogens with one attached hydrogen (secondary N) is 1. The van der Waals surface area contributed by atoms with Crippen molar-refractivity contribution in [1.29, 1.82) is 0 Å². The standard InChI is InChI=1S/C20H25N5O4S/c1-11-5-6-13(8-12(11)2)25(10-15(26)23-9-14-4-3-7-29-14)20(28)18-16(21)17(19(22)27)24-30-18/h5-6,8,14H,3-4,7,9-10,21H2,1-2H3,(H2,22,27)(H,23,26). The van der Waals surface area contributed by atoms with Gasteiger partial charge in [0, 0.05) is 18.8 Å². The third kappa shape index (κ3) is 4.77. The second kappa shape index (κ2) is 9.23. The third-order valence-corrected chi connectivity index (χ3v) is 5.91. The first-order chi connectivity index (χ1) is 14.3. The summed E-state index contributed by atoms with van der Waals surface area (Å²) in [5.41, 5.74) is 13.5. The molecule has 1 saturated heterocycles. The number of carbonyl (C=O) groups is 3. The number of aryl methyl sites for hydroxylation is 2. The number of nitrogens with two attached hydrogens (primary N) is 2. The van der Waals surface area contributed by atoms with Crippen molar-refractivity contribution < 1.29 is 19.1 Å². The molecule has 30 heavy (non-hydrogen) atoms. The van der Waals surface area contributed by atoms with Crippen molar-refractivity contribution in [3.8, 4) is 0 Å². The van der Waals surface area contributed by atoms with Gasteiger partial charge in [-0.15, -0.1) is 0 Å². The molecule has 2 aromatic rings. The Morgan fingerprint density at radius 1 is 1.30 bits per heavy atom. The topological polar surface area (TPSA) is 141 Å². The normalized spacial score (nSPS) is 15.7. The second-order valence-electron chi connectivity index (χ2n) is 7.24. The lowest BCUT2D eigenvalue weighted by Crippen LogP contribution is -2.43. The Labute approximate surface area is 178 Å². The van der Waals surface area contributed by atoms with Gasteiger partial charge in [-0.1, -0.05) is 6.07 Å². The molecule has 1 atom stereocenters. The predicted octanol–water partition coefficient (Wildman–Crippen LogP) is 1.38. The van der Waals surface area contributed by atoms with Crippen molar-refractivity contribution in [1.82, 2.24) is 9.69 Å². The van der Waals surface area contributed by atoms with E-state index in [1.807, 2.05) is 26.0 Å². The van der Waals surface area contributed by atoms with E-state index in [-0.39, 0.29) is 34.8 Å². The molecule has 160 valence electrons. The zero-order valence-corrected chi connectivity index (χ0v) is 17.8. The number of rotatable bonds is 7. The first kappa shape index (κ1) is 21.7. The summed E-state index contributed by atoms with van der Waals surface area (Å²) in [5, 5.41) is 2.82. The summed E-state index contributed by atoms with van der Waals surface area (Å²) in [6, 6.07) is 5.46. The summed E-state index contributed by atoms with van der Waals surface area (Å²) >= 11 is 0.785. The molecule has 1 aromatic carbocycles. The summed E-state index contributed by atoms with van der Waals surface area (Å²) in [4.78, 5) is 38.7. The Morgan fingerprint density at radius 2 is 2.07 bits per heavy atom. The van der Waals surface area contributed by atoms with Gasteiger partial charge < -0.3 is 21.5 Å². The highest BCUT2D eigenvalue weighted by Gasteiger charge is 2.28. The third-order valence-electron chi connectivity index (χ3n) is 5.06. The maximum Gasteiger partial charge on any atom is 0.272 e. The first-order valence-corrected chi connectivity index (χ1v) is 10.4. The molecule has 1 unspecified atom stereocenters. The van der Waals surface area contributed by atoms with Crippen LogP contribution in [0.3, 0.4) is 0 Å². The maximum atomic E-state index is 13.3. The molecule has 1 aliphatic rings. The van der Waals surface area contributed by atoms with Crippen LogP contribution in [0, 0.1) is 13.8 Å². The summed E-state index contributed by atoms with van der Waals surface area (Å²) in [7, 11) is 0. The van der Waals surface area contributed by atoms with Crippen LogP contribution in [0.1, 0.15) is 44.1 Å². The molecule has 1 aliphatic heterocycles. The molecule has 0 spiro atoms. The molecule has 0 radical (unpaired) electrons. The molecule has 1 aromatic heterocycles. The van der Waals surface area contributed by atoms with E-state index in [9.17, 15) is 14.4 Å². The van der Waals surface area contributed by atoms with Gasteiger partial charge in [-0.25, -0.2) is 0 Å². The minimum atomic E-state index is -0.810. The van der Waals surface area contributed by atoms with Gasteiger partial charge in [0.15, 0.2) is 5.69 Å². The zero-order chi connectivity index (χ0) is 21.8. The molecule has 2 heterocycles. The molecule has 10 heteroatoms. The fraction of sp³-hybridized carbons (Fsp3) is 0.400. The molecular formula is C20H25N5O4S. The minimum absolute atomic E-state index is 0.00464. The number of nitrogens with zero attached hydrogens (tertiary/aromatic N) is 2. The van der Waals surface area contributed by atoms with E-state index < -0.39 is 11.8 Å². The van der Waals surface area contributed by atoms with E-state index in [0.717, 1.165) is 35.5 Å². The van der Waals surface area contributed by atoms with E-state index in [1.54, 1.807) is 6.07 Å². The highest BCUT2D eigenvalue weighted by molar-refractivity contribution is 7.09. The Kier molecular flexibility index (Phi) is 6.68. The number of ether oxygens (including phenoxy) is 1. The number of anilines is 2. The Bertz CT molecular complexity index is 968. The molecule has 3 amide bonds. The van der Waals surface area contributed by atoms with E-state index in [0.29, 0.717) is 18.8 Å². The van der Waals surface area contributed by atoms with Gasteiger partial charge in [0.2, 0.25) is 5.91 Å². The number of aromatic nitrogens is 1. The molecule has 0 aliphatic carbocycles. The average Bonchev–Trinajstić information content (AvgIpc) is 3.36. The van der Waals surface area contributed by atoms with Crippen molar-refractivity contribution in [2.75, 3.05) is 30.3 Å². The van der Waals surface area contributed by atoms with Gasteiger partial charge in [0.25, 0.3) is 11.8 Å². The number of carbonyl (C=O) groups excluding carboxylic acids is 3. The fourth-order valence-electron chi connectivity index (χ4n) is 3.16. The van der Waals surface area contributed by atoms with Crippen molar-refractivity contribution in [3.63, 3.8) is 0 Å². The second-order valence-corrected chi connectivity index (χ2v) is 8.01. The Hall–Kier alpha value is -2.98. The SMILES string of the molecule is Cc1ccc(N(CC(=O)NCC2CCCO2)C(=O)c2snc(C(N)=O)c2N)cc1C. The minimum Gasteiger partial charge on any atom is -0.395 e. The lowest BCUT2D eigenvalue weighted by Gasteiger charge is -2.23. The summed E-state index contributed by atoms with van der Waals surface area (Å²) in [6.07, 6.45) is 1.86. The number of hydrogen-bond acceptors (Lipinski definition) is 7. The van der Waals surface area contributed by atoms with Gasteiger partial charge in [-0.3, -0.25) is 19.3 Å². The smallest absolute Gasteiger partial charge is 0.272 e. The van der Waals surface area contributed by atoms with Gasteiger partial charge in [0.05, 0.1) is 11.8 Å². The molecule has 3 rings (SSSR count). The molecule has 1 fully saturated rings. The van der Waals surface area contributed by atoms with Crippen LogP contribution >= 0.6 is 11.5 Å². The predicted molar refractivity (Wildman–Crippen MR) is 115 cm³/mol. The van der Waals surface area contributed by atoms with Crippen molar-refractivity contribution in [2.24, 2.45) is 5.73 Å². The number of benzene rings is 1. The van der Waals surface area contributed by atoms with Crippen LogP contribution in [0.25, 0.3) is 0 Å². The van der Waals surface area contributed by atoms with Gasteiger partial charge in [-0.05, 0) is 61.5 Å². The monoisotopic (exact) mass is 431 g/mol. The molecule has 0 bridgehead atoms. The molecule has 5 N–H and O–H groups in total. The van der Waals surface area contributed by atoms with Crippen LogP contribution in [0.15, 0.2) is 18.2 Å². The first-order valence-electron chi connectivity index (χ1n) is 9.60. The highest BCUT2D eigenvalue weighted by Crippen LogP contribution is 2.27. The maximum absolute atomic E-state index is 13.3.